The average Bonchev–Trinajstić information content (AvgIpc) is 2.70. The van der Waals surface area contributed by atoms with E-state index in [1.807, 2.05) is 24.3 Å². The first-order chi connectivity index (χ1) is 14.6. The molecule has 3 aromatic rings. The van der Waals surface area contributed by atoms with Gasteiger partial charge in [0.05, 0.1) is 5.69 Å². The van der Waals surface area contributed by atoms with Crippen LogP contribution in [-0.4, -0.2) is 44.5 Å². The molecule has 3 heterocycles. The third kappa shape index (κ3) is 4.30. The van der Waals surface area contributed by atoms with Gasteiger partial charge in [-0.2, -0.15) is 0 Å². The average molecular weight is 417 g/mol. The van der Waals surface area contributed by atoms with E-state index in [2.05, 4.69) is 65.0 Å². The number of phenols is 1. The van der Waals surface area contributed by atoms with Crippen molar-refractivity contribution in [3.05, 3.63) is 47.8 Å². The highest BCUT2D eigenvalue weighted by Crippen LogP contribution is 2.35. The highest BCUT2D eigenvalue weighted by molar-refractivity contribution is 5.88. The molecule has 7 nitrogen and oxygen atoms in total. The van der Waals surface area contributed by atoms with E-state index in [0.29, 0.717) is 28.6 Å². The van der Waals surface area contributed by atoms with Crippen molar-refractivity contribution in [1.29, 1.82) is 0 Å². The molecular weight excluding hydrogens is 388 g/mol. The van der Waals surface area contributed by atoms with Gasteiger partial charge in [-0.25, -0.2) is 0 Å². The second-order valence-corrected chi connectivity index (χ2v) is 9.69. The molecule has 7 heteroatoms. The Kier molecular flexibility index (Phi) is 5.06. The molecule has 0 saturated carbocycles. The Hall–Kier alpha value is -3.24. The Morgan fingerprint density at radius 2 is 1.77 bits per heavy atom. The number of anilines is 1. The molecule has 0 unspecified atom stereocenters. The van der Waals surface area contributed by atoms with Crippen LogP contribution in [0, 0.1) is 6.57 Å². The second kappa shape index (κ2) is 7.47. The second-order valence-electron chi connectivity index (χ2n) is 9.69. The standard InChI is InChI=1S/C24H28N6O/c1-23(2)13-16(14-24(3,4)29-23)30(6)22-10-8-18(27-28-22)17-11-15-7-9-21(25-5)26-19(15)12-20(17)31/h7-12,16,29,31H,13-14H2,1-4,6H3. The topological polar surface area (TPSA) is 78.5 Å². The summed E-state index contributed by atoms with van der Waals surface area (Å²) in [5.41, 5.74) is 1.86. The minimum atomic E-state index is 0.0477. The van der Waals surface area contributed by atoms with Gasteiger partial charge < -0.3 is 20.2 Å². The van der Waals surface area contributed by atoms with Crippen LogP contribution in [-0.2, 0) is 0 Å². The van der Waals surface area contributed by atoms with Crippen molar-refractivity contribution in [1.82, 2.24) is 20.5 Å². The number of hydrogen-bond acceptors (Lipinski definition) is 6. The van der Waals surface area contributed by atoms with Crippen LogP contribution in [0.25, 0.3) is 27.0 Å². The molecule has 1 saturated heterocycles. The van der Waals surface area contributed by atoms with Crippen molar-refractivity contribution < 1.29 is 5.11 Å². The molecule has 1 fully saturated rings. The summed E-state index contributed by atoms with van der Waals surface area (Å²) in [6.07, 6.45) is 2.03. The van der Waals surface area contributed by atoms with E-state index in [1.54, 1.807) is 12.1 Å². The van der Waals surface area contributed by atoms with Crippen LogP contribution in [0.4, 0.5) is 11.6 Å². The molecular formula is C24H28N6O. The number of nitrogens with zero attached hydrogens (tertiary/aromatic N) is 5. The Balaban J connectivity index is 1.61. The first-order valence-electron chi connectivity index (χ1n) is 10.4. The minimum absolute atomic E-state index is 0.0477. The Morgan fingerprint density at radius 3 is 2.39 bits per heavy atom. The molecule has 0 bridgehead atoms. The molecule has 1 aromatic carbocycles. The summed E-state index contributed by atoms with van der Waals surface area (Å²) in [6.45, 7) is 16.0. The lowest BCUT2D eigenvalue weighted by molar-refractivity contribution is 0.160. The smallest absolute Gasteiger partial charge is 0.270 e. The lowest BCUT2D eigenvalue weighted by Crippen LogP contribution is -2.62. The summed E-state index contributed by atoms with van der Waals surface area (Å²) in [6, 6.07) is 11.1. The van der Waals surface area contributed by atoms with Crippen LogP contribution in [0.15, 0.2) is 36.4 Å². The molecule has 160 valence electrons. The fraction of sp³-hybridized carbons (Fsp3) is 0.417. The van der Waals surface area contributed by atoms with Crippen molar-refractivity contribution in [2.24, 2.45) is 0 Å². The molecule has 0 aliphatic carbocycles. The molecule has 1 aliphatic heterocycles. The quantitative estimate of drug-likeness (QED) is 0.603. The Morgan fingerprint density at radius 1 is 1.06 bits per heavy atom. The molecule has 2 aromatic heterocycles. The minimum Gasteiger partial charge on any atom is -0.507 e. The van der Waals surface area contributed by atoms with Crippen molar-refractivity contribution in [3.63, 3.8) is 0 Å². The molecule has 4 rings (SSSR count). The van der Waals surface area contributed by atoms with Gasteiger partial charge in [0.15, 0.2) is 11.3 Å². The maximum atomic E-state index is 10.5. The lowest BCUT2D eigenvalue weighted by atomic mass is 9.79. The van der Waals surface area contributed by atoms with Crippen molar-refractivity contribution in [3.8, 4) is 17.0 Å². The van der Waals surface area contributed by atoms with E-state index in [-0.39, 0.29) is 16.8 Å². The number of pyridine rings is 1. The van der Waals surface area contributed by atoms with E-state index < -0.39 is 0 Å². The van der Waals surface area contributed by atoms with Crippen LogP contribution in [0.1, 0.15) is 40.5 Å². The summed E-state index contributed by atoms with van der Waals surface area (Å²) in [5, 5.41) is 23.9. The van der Waals surface area contributed by atoms with E-state index in [4.69, 9.17) is 6.57 Å². The van der Waals surface area contributed by atoms with Gasteiger partial charge in [0.25, 0.3) is 5.82 Å². The predicted molar refractivity (Wildman–Crippen MR) is 123 cm³/mol. The van der Waals surface area contributed by atoms with Crippen LogP contribution >= 0.6 is 0 Å². The summed E-state index contributed by atoms with van der Waals surface area (Å²) in [4.78, 5) is 9.79. The highest BCUT2D eigenvalue weighted by atomic mass is 16.3. The van der Waals surface area contributed by atoms with Crippen LogP contribution in [0.3, 0.4) is 0 Å². The fourth-order valence-corrected chi connectivity index (χ4v) is 4.80. The van der Waals surface area contributed by atoms with E-state index in [1.165, 1.54) is 0 Å². The normalized spacial score (nSPS) is 17.9. The number of phenolic OH excluding ortho intramolecular Hbond substituents is 1. The molecule has 1 aliphatic rings. The summed E-state index contributed by atoms with van der Waals surface area (Å²) < 4.78 is 0. The molecule has 0 radical (unpaired) electrons. The first kappa shape index (κ1) is 21.0. The molecule has 0 amide bonds. The zero-order valence-corrected chi connectivity index (χ0v) is 18.6. The molecule has 2 N–H and O–H groups in total. The van der Waals surface area contributed by atoms with Crippen LogP contribution < -0.4 is 10.2 Å². The van der Waals surface area contributed by atoms with Crippen molar-refractivity contribution in [2.75, 3.05) is 11.9 Å². The maximum Gasteiger partial charge on any atom is 0.270 e. The number of piperidine rings is 1. The molecule has 0 spiro atoms. The molecule has 31 heavy (non-hydrogen) atoms. The van der Waals surface area contributed by atoms with E-state index in [9.17, 15) is 5.11 Å². The van der Waals surface area contributed by atoms with Gasteiger partial charge in [-0.1, -0.05) is 12.6 Å². The van der Waals surface area contributed by atoms with Crippen LogP contribution in [0.2, 0.25) is 0 Å². The van der Waals surface area contributed by atoms with E-state index in [0.717, 1.165) is 24.0 Å². The van der Waals surface area contributed by atoms with Gasteiger partial charge in [-0.15, -0.1) is 15.2 Å². The summed E-state index contributed by atoms with van der Waals surface area (Å²) in [7, 11) is 2.07. The number of nitrogens with one attached hydrogen (secondary N) is 1. The van der Waals surface area contributed by atoms with Gasteiger partial charge in [-0.05, 0) is 64.8 Å². The van der Waals surface area contributed by atoms with Gasteiger partial charge in [0.2, 0.25) is 0 Å². The van der Waals surface area contributed by atoms with Gasteiger partial charge >= 0.3 is 0 Å². The third-order valence-corrected chi connectivity index (χ3v) is 5.91. The predicted octanol–water partition coefficient (Wildman–Crippen LogP) is 4.69. The zero-order valence-electron chi connectivity index (χ0n) is 18.6. The highest BCUT2D eigenvalue weighted by Gasteiger charge is 2.39. The fourth-order valence-electron chi connectivity index (χ4n) is 4.80. The van der Waals surface area contributed by atoms with Crippen molar-refractivity contribution in [2.45, 2.75) is 57.7 Å². The third-order valence-electron chi connectivity index (χ3n) is 5.91. The number of aromatic nitrogens is 3. The zero-order chi connectivity index (χ0) is 22.4. The SMILES string of the molecule is [C-]#[N+]c1ccc2cc(-c3ccc(N(C)C4CC(C)(C)NC(C)(C)C4)nn3)c(O)cc2n1. The first-order valence-corrected chi connectivity index (χ1v) is 10.4. The molecule has 0 atom stereocenters. The Bertz CT molecular complexity index is 1150. The number of fused-ring (bicyclic) bond motifs is 1. The lowest BCUT2D eigenvalue weighted by Gasteiger charge is -2.49. The monoisotopic (exact) mass is 416 g/mol. The van der Waals surface area contributed by atoms with Gasteiger partial charge in [-0.3, -0.25) is 0 Å². The van der Waals surface area contributed by atoms with E-state index >= 15 is 0 Å². The number of aromatic hydroxyl groups is 1. The summed E-state index contributed by atoms with van der Waals surface area (Å²) in [5.74, 6) is 1.18. The number of hydrogen-bond donors (Lipinski definition) is 2. The van der Waals surface area contributed by atoms with Crippen LogP contribution in [0.5, 0.6) is 5.75 Å². The summed E-state index contributed by atoms with van der Waals surface area (Å²) >= 11 is 0. The number of rotatable bonds is 3. The largest absolute Gasteiger partial charge is 0.507 e. The van der Waals surface area contributed by atoms with Gasteiger partial charge in [0, 0.05) is 41.2 Å². The van der Waals surface area contributed by atoms with Crippen molar-refractivity contribution >= 4 is 22.5 Å². The van der Waals surface area contributed by atoms with Gasteiger partial charge in [0.1, 0.15) is 5.75 Å². The maximum absolute atomic E-state index is 10.5. The Labute approximate surface area is 183 Å². The number of benzene rings is 1.